The Morgan fingerprint density at radius 3 is 2.26 bits per heavy atom. The molecule has 3 nitrogen and oxygen atoms in total. The number of hydrogen-bond donors (Lipinski definition) is 1. The van der Waals surface area contributed by atoms with Gasteiger partial charge in [-0.3, -0.25) is 14.9 Å². The lowest BCUT2D eigenvalue weighted by Gasteiger charge is -2.33. The average Bonchev–Trinajstić information content (AvgIpc) is 2.25. The molecular weight excluding hydrogens is 285 g/mol. The number of amides is 2. The van der Waals surface area contributed by atoms with Crippen molar-refractivity contribution in [3.8, 4) is 0 Å². The SMILES string of the molecule is CC(C)C1C(=O)NC(=O)CC1c1cc(Cl)cc(Cl)c1. The first-order valence-electron chi connectivity index (χ1n) is 6.18. The number of carbonyl (C=O) groups excluding carboxylic acids is 2. The van der Waals surface area contributed by atoms with Gasteiger partial charge < -0.3 is 0 Å². The predicted molar refractivity (Wildman–Crippen MR) is 75.3 cm³/mol. The summed E-state index contributed by atoms with van der Waals surface area (Å²) in [7, 11) is 0. The monoisotopic (exact) mass is 299 g/mol. The van der Waals surface area contributed by atoms with Crippen LogP contribution >= 0.6 is 23.2 Å². The highest BCUT2D eigenvalue weighted by molar-refractivity contribution is 6.34. The average molecular weight is 300 g/mol. The molecule has 5 heteroatoms. The van der Waals surface area contributed by atoms with E-state index in [1.54, 1.807) is 18.2 Å². The lowest BCUT2D eigenvalue weighted by Crippen LogP contribution is -2.46. The van der Waals surface area contributed by atoms with Crippen LogP contribution in [0.5, 0.6) is 0 Å². The zero-order chi connectivity index (χ0) is 14.2. The molecule has 1 fully saturated rings. The molecule has 0 aliphatic carbocycles. The molecule has 2 rings (SSSR count). The van der Waals surface area contributed by atoms with Gasteiger partial charge in [0.05, 0.1) is 0 Å². The molecule has 1 aliphatic heterocycles. The third-order valence-electron chi connectivity index (χ3n) is 3.44. The van der Waals surface area contributed by atoms with Crippen molar-refractivity contribution >= 4 is 35.0 Å². The minimum absolute atomic E-state index is 0.135. The predicted octanol–water partition coefficient (Wildman–Crippen LogP) is 3.40. The molecule has 0 spiro atoms. The Balaban J connectivity index is 2.43. The summed E-state index contributed by atoms with van der Waals surface area (Å²) in [6.45, 7) is 3.94. The highest BCUT2D eigenvalue weighted by atomic mass is 35.5. The third kappa shape index (κ3) is 3.10. The van der Waals surface area contributed by atoms with E-state index in [0.717, 1.165) is 5.56 Å². The second-order valence-corrected chi connectivity index (χ2v) is 6.07. The van der Waals surface area contributed by atoms with E-state index in [0.29, 0.717) is 10.0 Å². The molecular formula is C14H15Cl2NO2. The van der Waals surface area contributed by atoms with Crippen LogP contribution in [0.2, 0.25) is 10.0 Å². The van der Waals surface area contributed by atoms with Gasteiger partial charge >= 0.3 is 0 Å². The Bertz CT molecular complexity index is 508. The first-order valence-corrected chi connectivity index (χ1v) is 6.93. The van der Waals surface area contributed by atoms with Crippen molar-refractivity contribution in [2.45, 2.75) is 26.2 Å². The van der Waals surface area contributed by atoms with Gasteiger partial charge in [0.15, 0.2) is 0 Å². The first-order chi connectivity index (χ1) is 8.88. The van der Waals surface area contributed by atoms with Crippen molar-refractivity contribution in [2.24, 2.45) is 11.8 Å². The standard InChI is InChI=1S/C14H15Cl2NO2/c1-7(2)13-11(6-12(18)17-14(13)19)8-3-9(15)5-10(16)4-8/h3-5,7,11,13H,6H2,1-2H3,(H,17,18,19). The van der Waals surface area contributed by atoms with Gasteiger partial charge in [-0.25, -0.2) is 0 Å². The van der Waals surface area contributed by atoms with E-state index in [2.05, 4.69) is 5.32 Å². The summed E-state index contributed by atoms with van der Waals surface area (Å²) in [6, 6.07) is 5.19. The van der Waals surface area contributed by atoms with Crippen LogP contribution in [0, 0.1) is 11.8 Å². The van der Waals surface area contributed by atoms with E-state index < -0.39 is 0 Å². The molecule has 1 aromatic carbocycles. The van der Waals surface area contributed by atoms with E-state index in [9.17, 15) is 9.59 Å². The first kappa shape index (κ1) is 14.4. The quantitative estimate of drug-likeness (QED) is 0.851. The molecule has 102 valence electrons. The molecule has 1 aromatic rings. The smallest absolute Gasteiger partial charge is 0.230 e. The van der Waals surface area contributed by atoms with Gasteiger partial charge in [-0.15, -0.1) is 0 Å². The van der Waals surface area contributed by atoms with E-state index in [-0.39, 0.29) is 36.0 Å². The number of nitrogens with one attached hydrogen (secondary N) is 1. The molecule has 2 amide bonds. The second-order valence-electron chi connectivity index (χ2n) is 5.20. The summed E-state index contributed by atoms with van der Waals surface area (Å²) >= 11 is 12.0. The van der Waals surface area contributed by atoms with Crippen LogP contribution < -0.4 is 5.32 Å². The summed E-state index contributed by atoms with van der Waals surface area (Å²) in [5.74, 6) is -0.740. The minimum atomic E-state index is -0.247. The highest BCUT2D eigenvalue weighted by Gasteiger charge is 2.38. The molecule has 1 heterocycles. The molecule has 19 heavy (non-hydrogen) atoms. The fourth-order valence-electron chi connectivity index (χ4n) is 2.66. The van der Waals surface area contributed by atoms with Crippen molar-refractivity contribution in [3.05, 3.63) is 33.8 Å². The highest BCUT2D eigenvalue weighted by Crippen LogP contribution is 2.37. The van der Waals surface area contributed by atoms with E-state index in [4.69, 9.17) is 23.2 Å². The third-order valence-corrected chi connectivity index (χ3v) is 3.87. The Hall–Kier alpha value is -1.06. The Morgan fingerprint density at radius 1 is 1.16 bits per heavy atom. The number of rotatable bonds is 2. The zero-order valence-corrected chi connectivity index (χ0v) is 12.3. The Kier molecular flexibility index (Phi) is 4.16. The van der Waals surface area contributed by atoms with Crippen LogP contribution in [-0.2, 0) is 9.59 Å². The molecule has 0 bridgehead atoms. The van der Waals surface area contributed by atoms with Crippen molar-refractivity contribution < 1.29 is 9.59 Å². The van der Waals surface area contributed by atoms with Gasteiger partial charge in [-0.2, -0.15) is 0 Å². The second kappa shape index (κ2) is 5.51. The molecule has 0 aromatic heterocycles. The zero-order valence-electron chi connectivity index (χ0n) is 10.7. The van der Waals surface area contributed by atoms with Crippen LogP contribution in [0.4, 0.5) is 0 Å². The summed E-state index contributed by atoms with van der Waals surface area (Å²) in [4.78, 5) is 23.6. The van der Waals surface area contributed by atoms with Gasteiger partial charge in [0.25, 0.3) is 0 Å². The van der Waals surface area contributed by atoms with Crippen LogP contribution in [-0.4, -0.2) is 11.8 Å². The largest absolute Gasteiger partial charge is 0.296 e. The maximum atomic E-state index is 12.0. The molecule has 0 saturated carbocycles. The molecule has 2 unspecified atom stereocenters. The number of hydrogen-bond acceptors (Lipinski definition) is 2. The number of halogens is 2. The van der Waals surface area contributed by atoms with Gasteiger partial charge in [0.1, 0.15) is 0 Å². The van der Waals surface area contributed by atoms with Gasteiger partial charge in [0, 0.05) is 28.3 Å². The van der Waals surface area contributed by atoms with Crippen molar-refractivity contribution in [3.63, 3.8) is 0 Å². The van der Waals surface area contributed by atoms with Crippen molar-refractivity contribution in [1.82, 2.24) is 5.32 Å². The topological polar surface area (TPSA) is 46.2 Å². The van der Waals surface area contributed by atoms with Crippen molar-refractivity contribution in [1.29, 1.82) is 0 Å². The van der Waals surface area contributed by atoms with E-state index >= 15 is 0 Å². The summed E-state index contributed by atoms with van der Waals surface area (Å²) in [6.07, 6.45) is 0.283. The molecule has 1 N–H and O–H groups in total. The lowest BCUT2D eigenvalue weighted by atomic mass is 9.75. The van der Waals surface area contributed by atoms with Crippen molar-refractivity contribution in [2.75, 3.05) is 0 Å². The summed E-state index contributed by atoms with van der Waals surface area (Å²) in [5.41, 5.74) is 0.847. The normalized spacial score (nSPS) is 23.6. The number of imide groups is 1. The lowest BCUT2D eigenvalue weighted by molar-refractivity contribution is -0.138. The van der Waals surface area contributed by atoms with E-state index in [1.165, 1.54) is 0 Å². The fraction of sp³-hybridized carbons (Fsp3) is 0.429. The molecule has 2 atom stereocenters. The van der Waals surface area contributed by atoms with Crippen LogP contribution in [0.15, 0.2) is 18.2 Å². The van der Waals surface area contributed by atoms with Gasteiger partial charge in [0.2, 0.25) is 11.8 Å². The molecule has 1 aliphatic rings. The Morgan fingerprint density at radius 2 is 1.74 bits per heavy atom. The molecule has 1 saturated heterocycles. The summed E-state index contributed by atoms with van der Waals surface area (Å²) in [5, 5.41) is 3.43. The molecule has 0 radical (unpaired) electrons. The maximum Gasteiger partial charge on any atom is 0.230 e. The van der Waals surface area contributed by atoms with Crippen LogP contribution in [0.3, 0.4) is 0 Å². The van der Waals surface area contributed by atoms with Gasteiger partial charge in [-0.05, 0) is 29.7 Å². The van der Waals surface area contributed by atoms with Gasteiger partial charge in [-0.1, -0.05) is 37.0 Å². The summed E-state index contributed by atoms with van der Waals surface area (Å²) < 4.78 is 0. The Labute approximate surface area is 122 Å². The number of piperidine rings is 1. The number of benzene rings is 1. The number of carbonyl (C=O) groups is 2. The fourth-order valence-corrected chi connectivity index (χ4v) is 3.21. The van der Waals surface area contributed by atoms with Crippen LogP contribution in [0.25, 0.3) is 0 Å². The van der Waals surface area contributed by atoms with Crippen LogP contribution in [0.1, 0.15) is 31.7 Å². The van der Waals surface area contributed by atoms with E-state index in [1.807, 2.05) is 13.8 Å². The maximum absolute atomic E-state index is 12.0. The minimum Gasteiger partial charge on any atom is -0.296 e.